The SMILES string of the molecule is COc1ccccc1[C@@H]1OC(c2cc(C3CC3)nc3ccccc23)=NN1C(C)=O. The number of para-hydroxylation sites is 2. The van der Waals surface area contributed by atoms with Gasteiger partial charge >= 0.3 is 0 Å². The highest BCUT2D eigenvalue weighted by molar-refractivity contribution is 6.07. The topological polar surface area (TPSA) is 64.0 Å². The van der Waals surface area contributed by atoms with Gasteiger partial charge in [-0.1, -0.05) is 30.3 Å². The van der Waals surface area contributed by atoms with E-state index in [9.17, 15) is 4.79 Å². The lowest BCUT2D eigenvalue weighted by Gasteiger charge is -2.21. The highest BCUT2D eigenvalue weighted by atomic mass is 16.5. The normalized spacial score (nSPS) is 18.5. The van der Waals surface area contributed by atoms with E-state index in [1.54, 1.807) is 7.11 Å². The van der Waals surface area contributed by atoms with Gasteiger partial charge in [0.05, 0.1) is 18.2 Å². The zero-order chi connectivity index (χ0) is 20.0. The number of hydrogen-bond donors (Lipinski definition) is 0. The van der Waals surface area contributed by atoms with Gasteiger partial charge in [-0.3, -0.25) is 9.78 Å². The van der Waals surface area contributed by atoms with Crippen molar-refractivity contribution < 1.29 is 14.3 Å². The van der Waals surface area contributed by atoms with Crippen LogP contribution in [0.5, 0.6) is 5.75 Å². The number of fused-ring (bicyclic) bond motifs is 1. The molecule has 1 amide bonds. The number of benzene rings is 2. The minimum absolute atomic E-state index is 0.198. The third kappa shape index (κ3) is 3.10. The number of hydrogen-bond acceptors (Lipinski definition) is 5. The van der Waals surface area contributed by atoms with Crippen molar-refractivity contribution in [1.82, 2.24) is 9.99 Å². The van der Waals surface area contributed by atoms with Crippen LogP contribution >= 0.6 is 0 Å². The molecule has 0 spiro atoms. The van der Waals surface area contributed by atoms with Gasteiger partial charge in [-0.15, -0.1) is 5.10 Å². The molecule has 2 heterocycles. The van der Waals surface area contributed by atoms with Crippen LogP contribution in [0.25, 0.3) is 10.9 Å². The molecule has 146 valence electrons. The highest BCUT2D eigenvalue weighted by Gasteiger charge is 2.36. The first-order chi connectivity index (χ1) is 14.2. The summed E-state index contributed by atoms with van der Waals surface area (Å²) in [6.07, 6.45) is 1.64. The second-order valence-electron chi connectivity index (χ2n) is 7.37. The molecule has 1 aliphatic heterocycles. The average molecular weight is 387 g/mol. The fourth-order valence-electron chi connectivity index (χ4n) is 3.71. The summed E-state index contributed by atoms with van der Waals surface area (Å²) in [7, 11) is 1.60. The van der Waals surface area contributed by atoms with Gasteiger partial charge in [0.25, 0.3) is 0 Å². The van der Waals surface area contributed by atoms with Crippen molar-refractivity contribution in [2.45, 2.75) is 31.9 Å². The van der Waals surface area contributed by atoms with Crippen LogP contribution in [0.15, 0.2) is 59.7 Å². The second-order valence-corrected chi connectivity index (χ2v) is 7.37. The van der Waals surface area contributed by atoms with Gasteiger partial charge in [0.15, 0.2) is 0 Å². The minimum Gasteiger partial charge on any atom is -0.496 e. The predicted octanol–water partition coefficient (Wildman–Crippen LogP) is 4.36. The van der Waals surface area contributed by atoms with E-state index in [-0.39, 0.29) is 5.91 Å². The van der Waals surface area contributed by atoms with E-state index < -0.39 is 6.23 Å². The van der Waals surface area contributed by atoms with Crippen molar-refractivity contribution in [1.29, 1.82) is 0 Å². The Bertz CT molecular complexity index is 1140. The van der Waals surface area contributed by atoms with Gasteiger partial charge < -0.3 is 9.47 Å². The molecular weight excluding hydrogens is 366 g/mol. The summed E-state index contributed by atoms with van der Waals surface area (Å²) >= 11 is 0. The molecule has 1 fully saturated rings. The molecule has 1 saturated carbocycles. The number of ether oxygens (including phenoxy) is 2. The number of pyridine rings is 1. The van der Waals surface area contributed by atoms with Crippen LogP contribution in [0.4, 0.5) is 0 Å². The van der Waals surface area contributed by atoms with Crippen molar-refractivity contribution >= 4 is 22.7 Å². The monoisotopic (exact) mass is 387 g/mol. The van der Waals surface area contributed by atoms with Gasteiger partial charge in [0.1, 0.15) is 5.75 Å². The maximum Gasteiger partial charge on any atom is 0.243 e. The Morgan fingerprint density at radius 1 is 1.14 bits per heavy atom. The van der Waals surface area contributed by atoms with Gasteiger partial charge in [0.2, 0.25) is 18.0 Å². The fraction of sp³-hybridized carbons (Fsp3) is 0.261. The molecule has 29 heavy (non-hydrogen) atoms. The van der Waals surface area contributed by atoms with Crippen molar-refractivity contribution in [3.8, 4) is 5.75 Å². The predicted molar refractivity (Wildman–Crippen MR) is 110 cm³/mol. The van der Waals surface area contributed by atoms with Crippen LogP contribution in [0.3, 0.4) is 0 Å². The van der Waals surface area contributed by atoms with Crippen LogP contribution in [0.2, 0.25) is 0 Å². The molecule has 0 N–H and O–H groups in total. The maximum absolute atomic E-state index is 12.3. The quantitative estimate of drug-likeness (QED) is 0.667. The van der Waals surface area contributed by atoms with Crippen LogP contribution < -0.4 is 4.74 Å². The third-order valence-corrected chi connectivity index (χ3v) is 5.33. The Hall–Kier alpha value is -3.41. The van der Waals surface area contributed by atoms with E-state index >= 15 is 0 Å². The summed E-state index contributed by atoms with van der Waals surface area (Å²) in [5.41, 5.74) is 3.58. The molecule has 0 saturated heterocycles. The van der Waals surface area contributed by atoms with Gasteiger partial charge in [-0.25, -0.2) is 0 Å². The lowest BCUT2D eigenvalue weighted by Crippen LogP contribution is -2.25. The first-order valence-electron chi connectivity index (χ1n) is 9.73. The lowest BCUT2D eigenvalue weighted by molar-refractivity contribution is -0.135. The zero-order valence-corrected chi connectivity index (χ0v) is 16.3. The highest BCUT2D eigenvalue weighted by Crippen LogP contribution is 2.41. The second kappa shape index (κ2) is 6.88. The number of nitrogens with zero attached hydrogens (tertiary/aromatic N) is 3. The Labute approximate surface area is 168 Å². The van der Waals surface area contributed by atoms with E-state index in [1.165, 1.54) is 11.9 Å². The number of methoxy groups -OCH3 is 1. The Morgan fingerprint density at radius 3 is 2.66 bits per heavy atom. The largest absolute Gasteiger partial charge is 0.496 e. The Morgan fingerprint density at radius 2 is 1.90 bits per heavy atom. The fourth-order valence-corrected chi connectivity index (χ4v) is 3.71. The molecule has 0 radical (unpaired) electrons. The van der Waals surface area contributed by atoms with Crippen LogP contribution in [-0.4, -0.2) is 28.9 Å². The third-order valence-electron chi connectivity index (χ3n) is 5.33. The molecule has 2 aromatic carbocycles. The van der Waals surface area contributed by atoms with Gasteiger partial charge in [-0.2, -0.15) is 5.01 Å². The van der Waals surface area contributed by atoms with Gasteiger partial charge in [0, 0.05) is 29.5 Å². The molecule has 0 bridgehead atoms. The smallest absolute Gasteiger partial charge is 0.243 e. The molecule has 1 aliphatic carbocycles. The van der Waals surface area contributed by atoms with Crippen LogP contribution in [-0.2, 0) is 9.53 Å². The first kappa shape index (κ1) is 17.7. The molecule has 5 rings (SSSR count). The number of carbonyl (C=O) groups excluding carboxylic acids is 1. The Balaban J connectivity index is 1.62. The van der Waals surface area contributed by atoms with Gasteiger partial charge in [-0.05, 0) is 37.1 Å². The maximum atomic E-state index is 12.3. The Kier molecular flexibility index (Phi) is 4.19. The van der Waals surface area contributed by atoms with E-state index in [2.05, 4.69) is 11.2 Å². The molecule has 6 heteroatoms. The van der Waals surface area contributed by atoms with Crippen molar-refractivity contribution in [2.24, 2.45) is 5.10 Å². The molecule has 0 unspecified atom stereocenters. The zero-order valence-electron chi connectivity index (χ0n) is 16.3. The molecular formula is C23H21N3O3. The van der Waals surface area contributed by atoms with E-state index in [4.69, 9.17) is 14.5 Å². The number of aromatic nitrogens is 1. The molecule has 3 aromatic rings. The standard InChI is InChI=1S/C23H21N3O3/c1-14(27)26-23(17-8-4-6-10-21(17)28-2)29-22(25-26)18-13-20(15-11-12-15)24-19-9-5-3-7-16(18)19/h3-10,13,15,23H,11-12H2,1-2H3/t23-/m0/s1. The van der Waals surface area contributed by atoms with Crippen LogP contribution in [0, 0.1) is 0 Å². The molecule has 1 atom stereocenters. The lowest BCUT2D eigenvalue weighted by atomic mass is 10.1. The summed E-state index contributed by atoms with van der Waals surface area (Å²) in [5, 5.41) is 6.89. The summed E-state index contributed by atoms with van der Waals surface area (Å²) in [4.78, 5) is 17.2. The van der Waals surface area contributed by atoms with Crippen molar-refractivity contribution in [3.63, 3.8) is 0 Å². The molecule has 2 aliphatic rings. The summed E-state index contributed by atoms with van der Waals surface area (Å²) in [5.74, 6) is 1.38. The summed E-state index contributed by atoms with van der Waals surface area (Å²) in [6, 6.07) is 17.5. The van der Waals surface area contributed by atoms with E-state index in [1.807, 2.05) is 48.5 Å². The van der Waals surface area contributed by atoms with Crippen molar-refractivity contribution in [3.05, 3.63) is 71.4 Å². The average Bonchev–Trinajstić information content (AvgIpc) is 3.51. The number of rotatable bonds is 4. The van der Waals surface area contributed by atoms with E-state index in [0.717, 1.165) is 40.6 Å². The number of carbonyl (C=O) groups is 1. The van der Waals surface area contributed by atoms with Crippen molar-refractivity contribution in [2.75, 3.05) is 7.11 Å². The summed E-state index contributed by atoms with van der Waals surface area (Å²) < 4.78 is 11.7. The first-order valence-corrected chi connectivity index (χ1v) is 9.73. The van der Waals surface area contributed by atoms with E-state index in [0.29, 0.717) is 17.6 Å². The van der Waals surface area contributed by atoms with Crippen LogP contribution in [0.1, 0.15) is 48.7 Å². The number of amides is 1. The minimum atomic E-state index is -0.671. The molecule has 6 nitrogen and oxygen atoms in total. The number of hydrazone groups is 1. The molecule has 1 aromatic heterocycles. The summed E-state index contributed by atoms with van der Waals surface area (Å²) in [6.45, 7) is 1.48.